The molecule has 1 aliphatic heterocycles. The van der Waals surface area contributed by atoms with Gasteiger partial charge in [-0.05, 0) is 0 Å². The molecular formula is C7H10N2. The van der Waals surface area contributed by atoms with Gasteiger partial charge in [-0.2, -0.15) is 10.2 Å². The van der Waals surface area contributed by atoms with Gasteiger partial charge in [0, 0.05) is 6.42 Å². The summed E-state index contributed by atoms with van der Waals surface area (Å²) in [5, 5.41) is 7.88. The van der Waals surface area contributed by atoms with Gasteiger partial charge in [0.1, 0.15) is 0 Å². The van der Waals surface area contributed by atoms with Crippen molar-refractivity contribution >= 4 is 0 Å². The van der Waals surface area contributed by atoms with Gasteiger partial charge in [-0.15, -0.1) is 13.2 Å². The van der Waals surface area contributed by atoms with E-state index in [9.17, 15) is 0 Å². The van der Waals surface area contributed by atoms with E-state index >= 15 is 0 Å². The summed E-state index contributed by atoms with van der Waals surface area (Å²) in [4.78, 5) is 0. The Morgan fingerprint density at radius 1 is 1.11 bits per heavy atom. The minimum atomic E-state index is 0.230. The first-order valence-corrected chi connectivity index (χ1v) is 3.02. The molecule has 0 saturated heterocycles. The van der Waals surface area contributed by atoms with E-state index in [0.717, 1.165) is 6.42 Å². The molecule has 2 heteroatoms. The molecule has 0 aromatic carbocycles. The smallest absolute Gasteiger partial charge is 0.0910 e. The Morgan fingerprint density at radius 3 is 1.78 bits per heavy atom. The standard InChI is InChI=1S/C7H10N2/c1-3-6-5-7(4-2)9-8-6/h3-4,6-7H,1-2,5H2/t6-,7+. The van der Waals surface area contributed by atoms with Crippen LogP contribution in [0.2, 0.25) is 0 Å². The van der Waals surface area contributed by atoms with Gasteiger partial charge in [0.05, 0.1) is 12.1 Å². The fourth-order valence-electron chi connectivity index (χ4n) is 0.800. The second-order valence-electron chi connectivity index (χ2n) is 2.07. The highest BCUT2D eigenvalue weighted by Crippen LogP contribution is 2.16. The first-order chi connectivity index (χ1) is 4.36. The summed E-state index contributed by atoms with van der Waals surface area (Å²) < 4.78 is 0. The lowest BCUT2D eigenvalue weighted by atomic mass is 10.1. The molecule has 0 saturated carbocycles. The van der Waals surface area contributed by atoms with E-state index in [1.807, 2.05) is 12.2 Å². The van der Waals surface area contributed by atoms with Gasteiger partial charge < -0.3 is 0 Å². The van der Waals surface area contributed by atoms with Gasteiger partial charge >= 0.3 is 0 Å². The Labute approximate surface area is 55.0 Å². The molecule has 0 aromatic rings. The van der Waals surface area contributed by atoms with Gasteiger partial charge in [0.15, 0.2) is 0 Å². The third-order valence-electron chi connectivity index (χ3n) is 1.39. The molecule has 0 aliphatic carbocycles. The summed E-state index contributed by atoms with van der Waals surface area (Å²) >= 11 is 0. The van der Waals surface area contributed by atoms with Gasteiger partial charge in [-0.1, -0.05) is 12.2 Å². The second-order valence-corrected chi connectivity index (χ2v) is 2.07. The van der Waals surface area contributed by atoms with Crippen molar-refractivity contribution in [3.8, 4) is 0 Å². The van der Waals surface area contributed by atoms with E-state index in [1.165, 1.54) is 0 Å². The lowest BCUT2D eigenvalue weighted by Crippen LogP contribution is -2.00. The zero-order chi connectivity index (χ0) is 6.69. The number of nitrogens with zero attached hydrogens (tertiary/aromatic N) is 2. The zero-order valence-corrected chi connectivity index (χ0v) is 5.33. The van der Waals surface area contributed by atoms with E-state index in [1.54, 1.807) is 0 Å². The number of hydrogen-bond donors (Lipinski definition) is 0. The van der Waals surface area contributed by atoms with Gasteiger partial charge in [-0.25, -0.2) is 0 Å². The van der Waals surface area contributed by atoms with Crippen molar-refractivity contribution in [2.24, 2.45) is 10.2 Å². The molecule has 0 amide bonds. The topological polar surface area (TPSA) is 24.7 Å². The minimum absolute atomic E-state index is 0.230. The molecule has 0 N–H and O–H groups in total. The van der Waals surface area contributed by atoms with Crippen molar-refractivity contribution < 1.29 is 0 Å². The fraction of sp³-hybridized carbons (Fsp3) is 0.429. The van der Waals surface area contributed by atoms with Gasteiger partial charge in [-0.3, -0.25) is 0 Å². The quantitative estimate of drug-likeness (QED) is 0.500. The first-order valence-electron chi connectivity index (χ1n) is 3.02. The summed E-state index contributed by atoms with van der Waals surface area (Å²) in [6.45, 7) is 7.25. The third-order valence-corrected chi connectivity index (χ3v) is 1.39. The van der Waals surface area contributed by atoms with Crippen LogP contribution in [0.15, 0.2) is 35.5 Å². The van der Waals surface area contributed by atoms with Crippen LogP contribution >= 0.6 is 0 Å². The number of hydrogen-bond acceptors (Lipinski definition) is 2. The van der Waals surface area contributed by atoms with Crippen LogP contribution in [-0.2, 0) is 0 Å². The van der Waals surface area contributed by atoms with Crippen LogP contribution in [0.5, 0.6) is 0 Å². The molecule has 0 unspecified atom stereocenters. The summed E-state index contributed by atoms with van der Waals surface area (Å²) in [6, 6.07) is 0.459. The number of azo groups is 1. The van der Waals surface area contributed by atoms with Crippen molar-refractivity contribution in [1.29, 1.82) is 0 Å². The molecule has 48 valence electrons. The first kappa shape index (κ1) is 6.20. The Balaban J connectivity index is 2.48. The molecule has 9 heavy (non-hydrogen) atoms. The Morgan fingerprint density at radius 2 is 1.56 bits per heavy atom. The molecule has 1 heterocycles. The van der Waals surface area contributed by atoms with Crippen LogP contribution in [0, 0.1) is 0 Å². The molecule has 0 fully saturated rings. The average Bonchev–Trinajstić information content (AvgIpc) is 2.34. The lowest BCUT2D eigenvalue weighted by molar-refractivity contribution is 0.768. The Kier molecular flexibility index (Phi) is 1.78. The summed E-state index contributed by atoms with van der Waals surface area (Å²) in [6.07, 6.45) is 4.58. The lowest BCUT2D eigenvalue weighted by Gasteiger charge is -1.95. The molecule has 2 atom stereocenters. The molecule has 1 rings (SSSR count). The van der Waals surface area contributed by atoms with Crippen molar-refractivity contribution in [1.82, 2.24) is 0 Å². The predicted molar refractivity (Wildman–Crippen MR) is 37.4 cm³/mol. The van der Waals surface area contributed by atoms with Crippen LogP contribution in [-0.4, -0.2) is 12.1 Å². The van der Waals surface area contributed by atoms with E-state index in [2.05, 4.69) is 23.4 Å². The van der Waals surface area contributed by atoms with Crippen LogP contribution in [0.25, 0.3) is 0 Å². The third kappa shape index (κ3) is 1.25. The van der Waals surface area contributed by atoms with Crippen LogP contribution in [0.1, 0.15) is 6.42 Å². The van der Waals surface area contributed by atoms with Crippen molar-refractivity contribution in [3.05, 3.63) is 25.3 Å². The van der Waals surface area contributed by atoms with Crippen LogP contribution in [0.3, 0.4) is 0 Å². The Bertz CT molecular complexity index is 133. The van der Waals surface area contributed by atoms with E-state index in [0.29, 0.717) is 0 Å². The SMILES string of the molecule is C=C[C@@H]1C[C@H](C=C)N=N1. The van der Waals surface area contributed by atoms with E-state index in [-0.39, 0.29) is 12.1 Å². The van der Waals surface area contributed by atoms with Crippen LogP contribution < -0.4 is 0 Å². The summed E-state index contributed by atoms with van der Waals surface area (Å²) in [5.74, 6) is 0. The maximum atomic E-state index is 3.94. The molecule has 0 aromatic heterocycles. The molecule has 0 spiro atoms. The highest BCUT2D eigenvalue weighted by Gasteiger charge is 2.15. The molecule has 0 radical (unpaired) electrons. The second kappa shape index (κ2) is 2.58. The van der Waals surface area contributed by atoms with E-state index < -0.39 is 0 Å². The maximum Gasteiger partial charge on any atom is 0.0910 e. The summed E-state index contributed by atoms with van der Waals surface area (Å²) in [5.41, 5.74) is 0. The fourth-order valence-corrected chi connectivity index (χ4v) is 0.800. The number of rotatable bonds is 2. The van der Waals surface area contributed by atoms with Crippen molar-refractivity contribution in [2.45, 2.75) is 18.5 Å². The highest BCUT2D eigenvalue weighted by molar-refractivity contribution is 4.98. The summed E-state index contributed by atoms with van der Waals surface area (Å²) in [7, 11) is 0. The normalized spacial score (nSPS) is 32.4. The molecule has 0 bridgehead atoms. The van der Waals surface area contributed by atoms with Crippen molar-refractivity contribution in [2.75, 3.05) is 0 Å². The largest absolute Gasteiger partial charge is 0.186 e. The van der Waals surface area contributed by atoms with Crippen molar-refractivity contribution in [3.63, 3.8) is 0 Å². The average molecular weight is 122 g/mol. The van der Waals surface area contributed by atoms with Gasteiger partial charge in [0.25, 0.3) is 0 Å². The Hall–Kier alpha value is -0.920. The zero-order valence-electron chi connectivity index (χ0n) is 5.33. The predicted octanol–water partition coefficient (Wildman–Crippen LogP) is 1.95. The molecule has 2 nitrogen and oxygen atoms in total. The molecular weight excluding hydrogens is 112 g/mol. The van der Waals surface area contributed by atoms with E-state index in [4.69, 9.17) is 0 Å². The highest BCUT2D eigenvalue weighted by atomic mass is 15.2. The van der Waals surface area contributed by atoms with Crippen LogP contribution in [0.4, 0.5) is 0 Å². The van der Waals surface area contributed by atoms with Gasteiger partial charge in [0.2, 0.25) is 0 Å². The minimum Gasteiger partial charge on any atom is -0.186 e. The molecule has 1 aliphatic rings. The monoisotopic (exact) mass is 122 g/mol. The maximum absolute atomic E-state index is 3.94.